The van der Waals surface area contributed by atoms with E-state index in [1.54, 1.807) is 0 Å². The Balaban J connectivity index is 1.68. The molecule has 30 heavy (non-hydrogen) atoms. The molecule has 0 aromatic carbocycles. The lowest BCUT2D eigenvalue weighted by Gasteiger charge is -2.36. The first-order valence-corrected chi connectivity index (χ1v) is 10.8. The van der Waals surface area contributed by atoms with E-state index in [4.69, 9.17) is 10.1 Å². The highest BCUT2D eigenvalue weighted by Gasteiger charge is 2.42. The summed E-state index contributed by atoms with van der Waals surface area (Å²) in [5.74, 6) is -0.600. The van der Waals surface area contributed by atoms with Crippen molar-refractivity contribution in [3.63, 3.8) is 0 Å². The molecule has 1 saturated carbocycles. The minimum absolute atomic E-state index is 0.0361. The summed E-state index contributed by atoms with van der Waals surface area (Å²) in [6.45, 7) is 7.64. The molecular formula is C22H29F3N4O. The number of nitrogens with zero attached hydrogens (tertiary/aromatic N) is 4. The van der Waals surface area contributed by atoms with Gasteiger partial charge in [0.1, 0.15) is 0 Å². The van der Waals surface area contributed by atoms with Crippen LogP contribution in [0.15, 0.2) is 6.07 Å². The van der Waals surface area contributed by atoms with Crippen LogP contribution in [0.1, 0.15) is 73.5 Å². The molecule has 2 aromatic heterocycles. The minimum Gasteiger partial charge on any atom is -0.345 e. The number of likely N-dealkylation sites (tertiary alicyclic amines) is 1. The van der Waals surface area contributed by atoms with Crippen molar-refractivity contribution >= 4 is 12.1 Å². The molecule has 8 heteroatoms. The average Bonchev–Trinajstić information content (AvgIpc) is 3.12. The summed E-state index contributed by atoms with van der Waals surface area (Å²) in [6.07, 6.45) is -0.939. The highest BCUT2D eigenvalue weighted by molar-refractivity contribution is 5.49. The summed E-state index contributed by atoms with van der Waals surface area (Å²) in [6, 6.07) is 1.94. The molecule has 1 aliphatic carbocycles. The van der Waals surface area contributed by atoms with Crippen LogP contribution in [0.4, 0.5) is 13.2 Å². The molecule has 5 nitrogen and oxygen atoms in total. The van der Waals surface area contributed by atoms with Crippen LogP contribution < -0.4 is 0 Å². The van der Waals surface area contributed by atoms with Gasteiger partial charge in [0.2, 0.25) is 6.41 Å². The van der Waals surface area contributed by atoms with Gasteiger partial charge in [-0.25, -0.2) is 9.50 Å². The van der Waals surface area contributed by atoms with Gasteiger partial charge in [0, 0.05) is 36.7 Å². The molecule has 1 saturated heterocycles. The fourth-order valence-electron chi connectivity index (χ4n) is 5.14. The number of piperidine rings is 1. The molecule has 3 heterocycles. The summed E-state index contributed by atoms with van der Waals surface area (Å²) in [5, 5.41) is 4.85. The van der Waals surface area contributed by atoms with Crippen molar-refractivity contribution in [2.45, 2.75) is 70.9 Å². The summed E-state index contributed by atoms with van der Waals surface area (Å²) >= 11 is 0. The Morgan fingerprint density at radius 1 is 1.13 bits per heavy atom. The van der Waals surface area contributed by atoms with Crippen LogP contribution in [0.5, 0.6) is 0 Å². The van der Waals surface area contributed by atoms with Gasteiger partial charge < -0.3 is 4.90 Å². The highest BCUT2D eigenvalue weighted by Crippen LogP contribution is 2.43. The minimum atomic E-state index is -4.10. The zero-order valence-electron chi connectivity index (χ0n) is 17.7. The number of rotatable bonds is 3. The number of hydrogen-bond acceptors (Lipinski definition) is 3. The van der Waals surface area contributed by atoms with Crippen LogP contribution in [0.2, 0.25) is 0 Å². The summed E-state index contributed by atoms with van der Waals surface area (Å²) in [4.78, 5) is 17.9. The van der Waals surface area contributed by atoms with Crippen molar-refractivity contribution in [3.8, 4) is 0 Å². The summed E-state index contributed by atoms with van der Waals surface area (Å²) < 4.78 is 41.0. The molecule has 2 aliphatic rings. The number of carbonyl (C=O) groups excluding carboxylic acids is 1. The number of alkyl halides is 3. The van der Waals surface area contributed by atoms with Gasteiger partial charge in [-0.3, -0.25) is 4.79 Å². The second-order valence-electron chi connectivity index (χ2n) is 9.11. The number of fused-ring (bicyclic) bond motifs is 1. The highest BCUT2D eigenvalue weighted by atomic mass is 19.4. The van der Waals surface area contributed by atoms with Crippen molar-refractivity contribution < 1.29 is 18.0 Å². The molecule has 2 atom stereocenters. The van der Waals surface area contributed by atoms with Crippen molar-refractivity contribution in [1.29, 1.82) is 0 Å². The van der Waals surface area contributed by atoms with Crippen LogP contribution in [0.3, 0.4) is 0 Å². The first kappa shape index (κ1) is 21.1. The summed E-state index contributed by atoms with van der Waals surface area (Å²) in [5.41, 5.74) is 4.66. The Hall–Kier alpha value is -2.12. The topological polar surface area (TPSA) is 50.5 Å². The molecule has 1 amide bonds. The van der Waals surface area contributed by atoms with Gasteiger partial charge in [-0.1, -0.05) is 6.92 Å². The van der Waals surface area contributed by atoms with Crippen LogP contribution in [-0.4, -0.2) is 45.2 Å². The van der Waals surface area contributed by atoms with E-state index in [9.17, 15) is 18.0 Å². The normalized spacial score (nSPS) is 28.1. The quantitative estimate of drug-likeness (QED) is 0.670. The zero-order valence-corrected chi connectivity index (χ0v) is 17.7. The Morgan fingerprint density at radius 3 is 2.47 bits per heavy atom. The fourth-order valence-corrected chi connectivity index (χ4v) is 5.14. The molecule has 0 unspecified atom stereocenters. The van der Waals surface area contributed by atoms with E-state index in [-0.39, 0.29) is 24.7 Å². The third kappa shape index (κ3) is 3.81. The second-order valence-corrected chi connectivity index (χ2v) is 9.11. The predicted octanol–water partition coefficient (Wildman–Crippen LogP) is 4.76. The largest absolute Gasteiger partial charge is 0.391 e. The maximum absolute atomic E-state index is 13.0. The Bertz CT molecular complexity index is 931. The molecule has 1 aliphatic heterocycles. The molecule has 4 rings (SSSR count). The van der Waals surface area contributed by atoms with E-state index in [1.807, 2.05) is 29.3 Å². The van der Waals surface area contributed by atoms with E-state index >= 15 is 0 Å². The molecule has 2 fully saturated rings. The maximum Gasteiger partial charge on any atom is 0.391 e. The average molecular weight is 422 g/mol. The second kappa shape index (κ2) is 7.85. The van der Waals surface area contributed by atoms with Gasteiger partial charge in [-0.2, -0.15) is 18.3 Å². The fraction of sp³-hybridized carbons (Fsp3) is 0.682. The number of aryl methyl sites for hydroxylation is 1. The smallest absolute Gasteiger partial charge is 0.345 e. The van der Waals surface area contributed by atoms with E-state index < -0.39 is 12.1 Å². The van der Waals surface area contributed by atoms with Crippen molar-refractivity contribution in [1.82, 2.24) is 19.5 Å². The van der Waals surface area contributed by atoms with Gasteiger partial charge in [0.25, 0.3) is 0 Å². The summed E-state index contributed by atoms with van der Waals surface area (Å²) in [7, 11) is 0. The third-order valence-corrected chi connectivity index (χ3v) is 7.25. The van der Waals surface area contributed by atoms with Gasteiger partial charge in [-0.15, -0.1) is 0 Å². The number of halogens is 3. The van der Waals surface area contributed by atoms with Gasteiger partial charge in [0.05, 0.1) is 17.3 Å². The zero-order chi connectivity index (χ0) is 21.6. The SMILES string of the molecule is Cc1nc2cc(C3CCC(C(F)(F)F)CC3)nn2c([C@@H]2CN(C=O)CC[C@H]2C)c1C. The van der Waals surface area contributed by atoms with Crippen molar-refractivity contribution in [3.05, 3.63) is 28.7 Å². The molecule has 2 aromatic rings. The maximum atomic E-state index is 13.0. The van der Waals surface area contributed by atoms with Gasteiger partial charge in [0.15, 0.2) is 5.65 Å². The molecule has 0 bridgehead atoms. The van der Waals surface area contributed by atoms with Gasteiger partial charge >= 0.3 is 6.18 Å². The van der Waals surface area contributed by atoms with E-state index in [0.717, 1.165) is 47.7 Å². The number of hydrogen-bond donors (Lipinski definition) is 0. The first-order valence-electron chi connectivity index (χ1n) is 10.8. The molecule has 0 radical (unpaired) electrons. The first-order chi connectivity index (χ1) is 14.2. The van der Waals surface area contributed by atoms with E-state index in [2.05, 4.69) is 6.92 Å². The predicted molar refractivity (Wildman–Crippen MR) is 107 cm³/mol. The van der Waals surface area contributed by atoms with Gasteiger partial charge in [-0.05, 0) is 57.4 Å². The molecule has 0 N–H and O–H groups in total. The van der Waals surface area contributed by atoms with E-state index in [0.29, 0.717) is 25.3 Å². The number of aromatic nitrogens is 3. The molecule has 164 valence electrons. The number of amides is 1. The lowest BCUT2D eigenvalue weighted by atomic mass is 9.80. The lowest BCUT2D eigenvalue weighted by Crippen LogP contribution is -2.38. The van der Waals surface area contributed by atoms with Crippen LogP contribution in [-0.2, 0) is 4.79 Å². The van der Waals surface area contributed by atoms with Crippen molar-refractivity contribution in [2.24, 2.45) is 11.8 Å². The Kier molecular flexibility index (Phi) is 5.53. The standard InChI is InChI=1S/C22H29F3N4O/c1-13-8-9-28(12-30)11-18(13)21-14(2)15(3)26-20-10-19(27-29(20)21)16-4-6-17(7-5-16)22(23,24)25/h10,12-13,16-18H,4-9,11H2,1-3H3/t13-,16?,17?,18-/m1/s1. The lowest BCUT2D eigenvalue weighted by molar-refractivity contribution is -0.182. The number of carbonyl (C=O) groups is 1. The van der Waals surface area contributed by atoms with Crippen LogP contribution >= 0.6 is 0 Å². The monoisotopic (exact) mass is 422 g/mol. The van der Waals surface area contributed by atoms with Crippen LogP contribution in [0.25, 0.3) is 5.65 Å². The molecule has 0 spiro atoms. The van der Waals surface area contributed by atoms with Crippen molar-refractivity contribution in [2.75, 3.05) is 13.1 Å². The van der Waals surface area contributed by atoms with Crippen LogP contribution in [0, 0.1) is 25.7 Å². The van der Waals surface area contributed by atoms with E-state index in [1.165, 1.54) is 0 Å². The Labute approximate surface area is 174 Å². The third-order valence-electron chi connectivity index (χ3n) is 7.25. The molecular weight excluding hydrogens is 393 g/mol. The Morgan fingerprint density at radius 2 is 1.83 bits per heavy atom.